The predicted octanol–water partition coefficient (Wildman–Crippen LogP) is 2.88. The summed E-state index contributed by atoms with van der Waals surface area (Å²) >= 11 is 1.94. The Labute approximate surface area is 725 Å². The molecule has 2 aliphatic heterocycles. The Bertz CT molecular complexity index is 4110. The second kappa shape index (κ2) is 51.9. The number of nitrogens with zero attached hydrogens (tertiary/aromatic N) is 6. The fourth-order valence-electron chi connectivity index (χ4n) is 13.7. The molecular formula is C82H114ILuN17O16. The Morgan fingerprint density at radius 1 is 0.547 bits per heavy atom. The summed E-state index contributed by atoms with van der Waals surface area (Å²) in [5.41, 5.74) is 16.0. The molecule has 645 valence electrons. The number of aliphatic carboxylic acids is 3. The Balaban J connectivity index is 0.0000213. The molecule has 33 nitrogen and oxygen atoms in total. The number of carboxylic acid groups (broad SMARTS) is 3. The van der Waals surface area contributed by atoms with Crippen LogP contribution in [0, 0.1) is 47.4 Å². The maximum Gasteiger partial charge on any atom is 0.317 e. The van der Waals surface area contributed by atoms with Crippen LogP contribution in [0.3, 0.4) is 0 Å². The van der Waals surface area contributed by atoms with Crippen molar-refractivity contribution in [3.05, 3.63) is 135 Å². The van der Waals surface area contributed by atoms with Gasteiger partial charge in [-0.2, -0.15) is 0 Å². The van der Waals surface area contributed by atoms with Crippen molar-refractivity contribution in [3.8, 4) is 5.75 Å². The van der Waals surface area contributed by atoms with Crippen LogP contribution in [0.5, 0.6) is 5.75 Å². The second-order valence-corrected chi connectivity index (χ2v) is 30.6. The standard InChI is InChI=1S/C82H114IN17O16.Lu/c1-55-22-24-56(25-23-55)13-10-21-72(104)92-62-31-29-61(30-32-62)91-71(103)20-8-7-16-64(86-37-38-97-39-41-98(52-74(106)107)43-45-100(54-76(110)111)46-44-99(42-40-97)53-75(108)109)77(112)88-34-9-3-4-19-70(102)87-35-12-18-68-80(115)94-65(17-11-36-89-82(84)85)79(114)95-66(49-57-26-28-59-14-5-6-15-60(59)47-57)78(113)90-51-73(105)93-67(81(116)96(68)2)50-58-27-33-69(101)63(83)48-58;/h5-6,14-15,22-33,47-48,64-68,86,101H,3-4,7-13,16-21,34-46,49-54H2,1-2H3,(H,87,102)(H,88,112)(H,90,113)(H,91,103)(H,92,104)(H,93,105)(H,94,115)(H,95,114)(H,106,107)(H,108,109)(H,110,111)(H4,84,85,89);/t64?,65-,66-,67+,68+;/m0./s1. The number of aromatic hydroxyl groups is 1. The van der Waals surface area contributed by atoms with E-state index in [0.717, 1.165) is 22.8 Å². The van der Waals surface area contributed by atoms with E-state index in [4.69, 9.17) is 11.5 Å². The molecule has 5 aromatic carbocycles. The van der Waals surface area contributed by atoms with Crippen LogP contribution in [0.1, 0.15) is 112 Å². The van der Waals surface area contributed by atoms with Gasteiger partial charge in [0.25, 0.3) is 0 Å². The number of halogens is 1. The summed E-state index contributed by atoms with van der Waals surface area (Å²) in [6, 6.07) is 27.2. The number of hydrogen-bond donors (Lipinski definition) is 15. The van der Waals surface area contributed by atoms with Gasteiger partial charge >= 0.3 is 17.9 Å². The maximum absolute atomic E-state index is 14.8. The number of phenols is 1. The van der Waals surface area contributed by atoms with Crippen LogP contribution in [0.15, 0.2) is 114 Å². The molecular weight excluding hydrogens is 1780 g/mol. The summed E-state index contributed by atoms with van der Waals surface area (Å²) in [7, 11) is 1.40. The van der Waals surface area contributed by atoms with Crippen LogP contribution < -0.4 is 59.3 Å². The molecule has 5 atom stereocenters. The molecule has 0 aliphatic carbocycles. The zero-order valence-corrected chi connectivity index (χ0v) is 70.3. The van der Waals surface area contributed by atoms with Crippen molar-refractivity contribution in [3.63, 3.8) is 0 Å². The van der Waals surface area contributed by atoms with Gasteiger partial charge in [-0.25, -0.2) is 0 Å². The summed E-state index contributed by atoms with van der Waals surface area (Å²) in [6.07, 6.45) is 5.07. The summed E-state index contributed by atoms with van der Waals surface area (Å²) in [4.78, 5) is 174. The number of carbonyl (C=O) groups excluding carboxylic acids is 9. The first kappa shape index (κ1) is 96.7. The molecule has 117 heavy (non-hydrogen) atoms. The average Bonchev–Trinajstić information content (AvgIpc) is 1.56. The summed E-state index contributed by atoms with van der Waals surface area (Å²) in [6.45, 7) is 4.07. The Hall–Kier alpha value is -9.17. The van der Waals surface area contributed by atoms with E-state index in [-0.39, 0.29) is 189 Å². The third kappa shape index (κ3) is 36.7. The van der Waals surface area contributed by atoms with Crippen molar-refractivity contribution >= 4 is 122 Å². The molecule has 7 rings (SSSR count). The first-order chi connectivity index (χ1) is 55.6. The number of phenolic OH excluding ortho intramolecular Hbond substituents is 1. The van der Waals surface area contributed by atoms with Gasteiger partial charge in [-0.05, 0) is 158 Å². The molecule has 17 N–H and O–H groups in total. The molecule has 1 radical (unpaired) electrons. The van der Waals surface area contributed by atoms with Crippen LogP contribution in [0.4, 0.5) is 11.4 Å². The molecule has 2 fully saturated rings. The Morgan fingerprint density at radius 3 is 1.69 bits per heavy atom. The van der Waals surface area contributed by atoms with Crippen molar-refractivity contribution in [2.45, 2.75) is 146 Å². The SMILES string of the molecule is Cc1ccc(CCCC(=O)Nc2ccc(NC(=O)CCCCC(NCCN3CCN(CC(=O)O)CCN(CC(=O)O)CCN(CC(=O)O)CC3)C(=O)NCCCCCC(=O)NCCC[C@@H]3C(=O)N[C@@H](CCCN=C(N)N)C(=O)N[C@@H](Cc4ccc5ccccc5c4)C(=O)NCC(=O)N[C@H](Cc4ccc(O)c(I)c4)C(=O)N3C)cc2)cc1.[Lu]. The van der Waals surface area contributed by atoms with Gasteiger partial charge < -0.3 is 84.6 Å². The quantitative estimate of drug-likeness (QED) is 0.0116. The summed E-state index contributed by atoms with van der Waals surface area (Å²) in [5, 5.41) is 67.5. The smallest absolute Gasteiger partial charge is 0.317 e. The van der Waals surface area contributed by atoms with Crippen molar-refractivity contribution in [2.24, 2.45) is 16.5 Å². The number of unbranched alkanes of at least 4 members (excludes halogenated alkanes) is 3. The van der Waals surface area contributed by atoms with Gasteiger partial charge in [-0.1, -0.05) is 91.2 Å². The molecule has 2 saturated heterocycles. The molecule has 0 saturated carbocycles. The number of fused-ring (bicyclic) bond motifs is 1. The second-order valence-electron chi connectivity index (χ2n) is 29.5. The molecule has 5 aromatic rings. The van der Waals surface area contributed by atoms with Gasteiger partial charge in [-0.3, -0.25) is 82.1 Å². The fourth-order valence-corrected chi connectivity index (χ4v) is 14.3. The number of likely N-dealkylation sites (N-methyl/N-ethyl adjacent to an activating group) is 1. The average molecular weight is 1900 g/mol. The summed E-state index contributed by atoms with van der Waals surface area (Å²) in [5.74, 6) is -7.88. The third-order valence-corrected chi connectivity index (χ3v) is 21.0. The minimum absolute atomic E-state index is 0. The van der Waals surface area contributed by atoms with Crippen molar-refractivity contribution in [1.82, 2.24) is 61.7 Å². The number of aliphatic imine (C=N–C) groups is 1. The number of aryl methyl sites for hydroxylation is 2. The van der Waals surface area contributed by atoms with Gasteiger partial charge in [-0.15, -0.1) is 0 Å². The Morgan fingerprint density at radius 2 is 1.09 bits per heavy atom. The van der Waals surface area contributed by atoms with Gasteiger partial charge in [0.15, 0.2) is 5.96 Å². The molecule has 1 unspecified atom stereocenters. The molecule has 9 amide bonds. The van der Waals surface area contributed by atoms with Crippen LogP contribution in [-0.2, 0) is 76.8 Å². The third-order valence-electron chi connectivity index (χ3n) is 20.2. The summed E-state index contributed by atoms with van der Waals surface area (Å²) < 4.78 is 0.477. The number of nitrogens with one attached hydrogen (secondary N) is 9. The van der Waals surface area contributed by atoms with Gasteiger partial charge in [0.1, 0.15) is 29.9 Å². The number of hydrogen-bond acceptors (Lipinski definition) is 19. The number of guanidine groups is 1. The van der Waals surface area contributed by atoms with Crippen molar-refractivity contribution in [2.75, 3.05) is 129 Å². The van der Waals surface area contributed by atoms with Crippen LogP contribution in [0.2, 0.25) is 0 Å². The molecule has 35 heteroatoms. The minimum Gasteiger partial charge on any atom is -0.507 e. The van der Waals surface area contributed by atoms with Crippen LogP contribution in [0.25, 0.3) is 10.8 Å². The first-order valence-electron chi connectivity index (χ1n) is 39.7. The topological polar surface area (TPSA) is 475 Å². The zero-order valence-electron chi connectivity index (χ0n) is 66.5. The number of carboxylic acids is 3. The number of amides is 9. The van der Waals surface area contributed by atoms with Crippen molar-refractivity contribution in [1.29, 1.82) is 0 Å². The number of anilines is 2. The monoisotopic (exact) mass is 1890 g/mol. The minimum atomic E-state index is -1.30. The van der Waals surface area contributed by atoms with Gasteiger partial charge in [0.2, 0.25) is 53.2 Å². The largest absolute Gasteiger partial charge is 0.507 e. The van der Waals surface area contributed by atoms with E-state index in [9.17, 15) is 78.0 Å². The van der Waals surface area contributed by atoms with E-state index < -0.39 is 84.2 Å². The molecule has 0 bridgehead atoms. The Kier molecular flexibility index (Phi) is 42.9. The van der Waals surface area contributed by atoms with E-state index >= 15 is 0 Å². The van der Waals surface area contributed by atoms with Crippen LogP contribution in [-0.4, -0.2) is 270 Å². The number of nitrogens with two attached hydrogens (primary N) is 2. The molecule has 0 aromatic heterocycles. The van der Waals surface area contributed by atoms with E-state index in [1.807, 2.05) is 84.1 Å². The zero-order chi connectivity index (χ0) is 83.9. The number of carbonyl (C=O) groups is 12. The molecule has 0 spiro atoms. The van der Waals surface area contributed by atoms with Crippen molar-refractivity contribution < 1.29 is 115 Å². The molecule has 2 heterocycles. The van der Waals surface area contributed by atoms with Gasteiger partial charge in [0.05, 0.1) is 35.8 Å². The van der Waals surface area contributed by atoms with E-state index in [1.54, 1.807) is 51.1 Å². The number of benzene rings is 5. The first-order valence-corrected chi connectivity index (χ1v) is 40.7. The predicted molar refractivity (Wildman–Crippen MR) is 448 cm³/mol. The van der Waals surface area contributed by atoms with Crippen LogP contribution >= 0.6 is 22.6 Å². The van der Waals surface area contributed by atoms with E-state index in [2.05, 4.69) is 69.9 Å². The molecule has 2 aliphatic rings. The maximum atomic E-state index is 14.8. The van der Waals surface area contributed by atoms with E-state index in [0.29, 0.717) is 117 Å². The number of rotatable bonds is 40. The van der Waals surface area contributed by atoms with E-state index in [1.165, 1.54) is 23.6 Å². The fraction of sp³-hybridized carbons (Fsp3) is 0.500. The normalized spacial score (nSPS) is 17.6. The van der Waals surface area contributed by atoms with Gasteiger partial charge in [0, 0.05) is 172 Å².